The second-order valence-electron chi connectivity index (χ2n) is 17.2. The van der Waals surface area contributed by atoms with E-state index in [0.717, 1.165) is 25.3 Å². The van der Waals surface area contributed by atoms with Gasteiger partial charge in [0.25, 0.3) is 0 Å². The molecule has 0 aromatic carbocycles. The number of aromatic nitrogens is 6. The summed E-state index contributed by atoms with van der Waals surface area (Å²) in [6, 6.07) is 0. The molecule has 47 heavy (non-hydrogen) atoms. The number of rotatable bonds is 0. The Balaban J connectivity index is 0.000000560. The summed E-state index contributed by atoms with van der Waals surface area (Å²) in [4.78, 5) is 12.3. The van der Waals surface area contributed by atoms with Crippen LogP contribution in [0.1, 0.15) is 136 Å². The van der Waals surface area contributed by atoms with Crippen molar-refractivity contribution in [2.75, 3.05) is 39.3 Å². The molecular formula is C36H73N11. The van der Waals surface area contributed by atoms with E-state index in [1.807, 2.05) is 33.2 Å². The maximum absolute atomic E-state index is 4.13. The molecule has 0 unspecified atom stereocenters. The van der Waals surface area contributed by atoms with E-state index in [-0.39, 0.29) is 23.8 Å². The van der Waals surface area contributed by atoms with E-state index >= 15 is 0 Å². The molecule has 0 bridgehead atoms. The number of imidazole rings is 1. The highest BCUT2D eigenvalue weighted by atomic mass is 15.5. The van der Waals surface area contributed by atoms with Gasteiger partial charge in [0, 0.05) is 73.1 Å². The number of piperazine rings is 1. The summed E-state index contributed by atoms with van der Waals surface area (Å²) in [5.74, 6) is 1.04. The summed E-state index contributed by atoms with van der Waals surface area (Å²) in [6.07, 6.45) is 10.8. The van der Waals surface area contributed by atoms with Gasteiger partial charge in [0.2, 0.25) is 0 Å². The van der Waals surface area contributed by atoms with Crippen LogP contribution < -0.4 is 5.32 Å². The van der Waals surface area contributed by atoms with E-state index in [0.29, 0.717) is 11.1 Å². The number of likely N-dealkylation sites (tertiary alicyclic amines) is 1. The van der Waals surface area contributed by atoms with Crippen molar-refractivity contribution >= 4 is 11.9 Å². The van der Waals surface area contributed by atoms with E-state index in [2.05, 4.69) is 134 Å². The highest BCUT2D eigenvalue weighted by Crippen LogP contribution is 2.20. The minimum atomic E-state index is 0. The highest BCUT2D eigenvalue weighted by Gasteiger charge is 2.24. The van der Waals surface area contributed by atoms with Crippen LogP contribution in [0.5, 0.6) is 0 Å². The largest absolute Gasteiger partial charge is 0.348 e. The zero-order valence-corrected chi connectivity index (χ0v) is 32.2. The van der Waals surface area contributed by atoms with Gasteiger partial charge in [-0.15, -0.1) is 5.10 Å². The highest BCUT2D eigenvalue weighted by molar-refractivity contribution is 6.01. The molecule has 11 nitrogen and oxygen atoms in total. The fraction of sp³-hybridized carbons (Fsp3) is 0.833. The molecule has 0 spiro atoms. The van der Waals surface area contributed by atoms with Gasteiger partial charge in [-0.1, -0.05) is 49.0 Å². The molecule has 2 aromatic rings. The second kappa shape index (κ2) is 19.5. The van der Waals surface area contributed by atoms with Crippen LogP contribution in [-0.2, 0) is 11.0 Å². The quantitative estimate of drug-likeness (QED) is 0.307. The Bertz CT molecular complexity index is 1060. The molecule has 5 rings (SSSR count). The Morgan fingerprint density at radius 3 is 1.45 bits per heavy atom. The SMILES string of the molecule is C.CC(C)(C)C1=NN=CC1.CC(C)(C)N1CCCC1.CC(C)(C)N1CCNCC1.CC(C)(C)c1ncc[nH]1.CC(C)(C)n1cnnn1. The Morgan fingerprint density at radius 2 is 1.21 bits per heavy atom. The van der Waals surface area contributed by atoms with Gasteiger partial charge in [0.1, 0.15) is 12.2 Å². The van der Waals surface area contributed by atoms with Crippen molar-refractivity contribution in [3.8, 4) is 0 Å². The van der Waals surface area contributed by atoms with Gasteiger partial charge in [-0.25, -0.2) is 9.67 Å². The second-order valence-corrected chi connectivity index (χ2v) is 17.2. The van der Waals surface area contributed by atoms with Crippen LogP contribution in [0.3, 0.4) is 0 Å². The Kier molecular flexibility index (Phi) is 18.4. The summed E-state index contributed by atoms with van der Waals surface area (Å²) in [7, 11) is 0. The van der Waals surface area contributed by atoms with Crippen LogP contribution in [0.2, 0.25) is 0 Å². The molecule has 3 aliphatic heterocycles. The number of hydrogen-bond acceptors (Lipinski definition) is 9. The van der Waals surface area contributed by atoms with Gasteiger partial charge in [0.05, 0.1) is 11.3 Å². The van der Waals surface area contributed by atoms with Crippen molar-refractivity contribution in [3.63, 3.8) is 0 Å². The van der Waals surface area contributed by atoms with Crippen LogP contribution in [0.25, 0.3) is 0 Å². The van der Waals surface area contributed by atoms with Gasteiger partial charge < -0.3 is 10.3 Å². The maximum Gasteiger partial charge on any atom is 0.138 e. The van der Waals surface area contributed by atoms with Crippen LogP contribution in [0.15, 0.2) is 28.9 Å². The van der Waals surface area contributed by atoms with Crippen molar-refractivity contribution in [2.45, 2.75) is 153 Å². The van der Waals surface area contributed by atoms with Gasteiger partial charge in [-0.05, 0) is 98.7 Å². The van der Waals surface area contributed by atoms with Gasteiger partial charge in [-0.3, -0.25) is 9.80 Å². The number of nitrogens with one attached hydrogen (secondary N) is 2. The summed E-state index contributed by atoms with van der Waals surface area (Å²) in [6.45, 7) is 40.0. The van der Waals surface area contributed by atoms with Gasteiger partial charge >= 0.3 is 0 Å². The monoisotopic (exact) mass is 660 g/mol. The minimum absolute atomic E-state index is 0. The first kappa shape index (κ1) is 44.5. The summed E-state index contributed by atoms with van der Waals surface area (Å²) >= 11 is 0. The fourth-order valence-electron chi connectivity index (χ4n) is 4.60. The predicted molar refractivity (Wildman–Crippen MR) is 202 cm³/mol. The third-order valence-electron chi connectivity index (χ3n) is 7.78. The average molecular weight is 660 g/mol. The molecule has 0 radical (unpaired) electrons. The van der Waals surface area contributed by atoms with Crippen molar-refractivity contribution in [1.29, 1.82) is 0 Å². The molecule has 272 valence electrons. The van der Waals surface area contributed by atoms with E-state index in [1.165, 1.54) is 44.7 Å². The molecule has 0 amide bonds. The van der Waals surface area contributed by atoms with Crippen LogP contribution >= 0.6 is 0 Å². The van der Waals surface area contributed by atoms with E-state index in [9.17, 15) is 0 Å². The molecule has 0 aliphatic carbocycles. The lowest BCUT2D eigenvalue weighted by atomic mass is 9.89. The number of nitrogens with zero attached hydrogens (tertiary/aromatic N) is 9. The third-order valence-corrected chi connectivity index (χ3v) is 7.78. The first-order chi connectivity index (χ1) is 21.0. The lowest BCUT2D eigenvalue weighted by molar-refractivity contribution is 0.119. The molecular weight excluding hydrogens is 586 g/mol. The minimum Gasteiger partial charge on any atom is -0.348 e. The number of aromatic amines is 1. The zero-order chi connectivity index (χ0) is 35.2. The molecule has 2 N–H and O–H groups in total. The van der Waals surface area contributed by atoms with Crippen LogP contribution in [0.4, 0.5) is 0 Å². The van der Waals surface area contributed by atoms with E-state index in [1.54, 1.807) is 17.2 Å². The third kappa shape index (κ3) is 18.6. The Hall–Kier alpha value is -2.50. The first-order valence-electron chi connectivity index (χ1n) is 17.1. The molecule has 0 atom stereocenters. The van der Waals surface area contributed by atoms with Crippen LogP contribution in [0, 0.1) is 5.41 Å². The smallest absolute Gasteiger partial charge is 0.138 e. The lowest BCUT2D eigenvalue weighted by Gasteiger charge is -2.38. The van der Waals surface area contributed by atoms with Gasteiger partial charge in [-0.2, -0.15) is 10.2 Å². The summed E-state index contributed by atoms with van der Waals surface area (Å²) in [5, 5.41) is 21.9. The molecule has 11 heteroatoms. The van der Waals surface area contributed by atoms with Crippen molar-refractivity contribution < 1.29 is 0 Å². The molecule has 2 aromatic heterocycles. The van der Waals surface area contributed by atoms with E-state index in [4.69, 9.17) is 0 Å². The summed E-state index contributed by atoms with van der Waals surface area (Å²) in [5.41, 5.74) is 2.32. The number of H-pyrrole nitrogens is 1. The normalized spacial score (nSPS) is 17.4. The molecule has 0 saturated carbocycles. The Morgan fingerprint density at radius 1 is 0.681 bits per heavy atom. The maximum atomic E-state index is 4.13. The van der Waals surface area contributed by atoms with Crippen molar-refractivity contribution in [3.05, 3.63) is 24.5 Å². The Labute approximate surface area is 288 Å². The first-order valence-corrected chi connectivity index (χ1v) is 17.1. The number of tetrazole rings is 1. The lowest BCUT2D eigenvalue weighted by Crippen LogP contribution is -2.51. The predicted octanol–water partition coefficient (Wildman–Crippen LogP) is 7.21. The standard InChI is InChI=1S/C8H18N2.C8H17N.2C7H12N2.C5H10N4.CH4/c1-8(2,3)10-6-4-9-5-7-10;1-8(2,3)9-6-4-5-7-9;1-7(2,3)6-8-4-5-9-6;1-7(2,3)6-4-5-8-9-6;1-5(2,3)9-4-6-7-8-9;/h9H,4-7H2,1-3H3;4-7H2,1-3H3;4-5H,1-3H3,(H,8,9);5H,4H2,1-3H3;4H,1-3H3;1H4. The molecule has 5 heterocycles. The van der Waals surface area contributed by atoms with Crippen LogP contribution in [-0.4, -0.2) is 102 Å². The van der Waals surface area contributed by atoms with Crippen molar-refractivity contribution in [2.24, 2.45) is 15.6 Å². The topological polar surface area (TPSA) is 116 Å². The van der Waals surface area contributed by atoms with E-state index < -0.39 is 0 Å². The van der Waals surface area contributed by atoms with Gasteiger partial charge in [0.15, 0.2) is 0 Å². The molecule has 2 fully saturated rings. The summed E-state index contributed by atoms with van der Waals surface area (Å²) < 4.78 is 1.72. The molecule has 3 aliphatic rings. The van der Waals surface area contributed by atoms with Crippen molar-refractivity contribution in [1.82, 2.24) is 45.3 Å². The molecule has 2 saturated heterocycles. The zero-order valence-electron chi connectivity index (χ0n) is 32.2. The fourth-order valence-corrected chi connectivity index (χ4v) is 4.60. The number of hydrogen-bond donors (Lipinski definition) is 2. The average Bonchev–Trinajstić information content (AvgIpc) is 3.77.